The summed E-state index contributed by atoms with van der Waals surface area (Å²) in [6.07, 6.45) is 2.11. The lowest BCUT2D eigenvalue weighted by Gasteiger charge is -2.29. The maximum Gasteiger partial charge on any atom is 0.220 e. The molecule has 1 N–H and O–H groups in total. The fourth-order valence-corrected chi connectivity index (χ4v) is 3.26. The predicted molar refractivity (Wildman–Crippen MR) is 103 cm³/mol. The van der Waals surface area contributed by atoms with E-state index in [0.29, 0.717) is 6.42 Å². The largest absolute Gasteiger partial charge is 0.497 e. The lowest BCUT2D eigenvalue weighted by molar-refractivity contribution is -0.121. The van der Waals surface area contributed by atoms with Crippen molar-refractivity contribution in [1.82, 2.24) is 5.32 Å². The van der Waals surface area contributed by atoms with Crippen LogP contribution in [0.5, 0.6) is 5.75 Å². The summed E-state index contributed by atoms with van der Waals surface area (Å²) in [4.78, 5) is 12.3. The summed E-state index contributed by atoms with van der Waals surface area (Å²) in [6, 6.07) is 18.5. The molecule has 2 aromatic rings. The maximum absolute atomic E-state index is 12.3. The molecule has 0 aliphatic heterocycles. The zero-order valence-corrected chi connectivity index (χ0v) is 15.7. The van der Waals surface area contributed by atoms with Gasteiger partial charge in [-0.2, -0.15) is 0 Å². The van der Waals surface area contributed by atoms with Gasteiger partial charge in [0, 0.05) is 12.5 Å². The second-order valence-electron chi connectivity index (χ2n) is 7.27. The molecule has 1 amide bonds. The molecule has 0 fully saturated rings. The van der Waals surface area contributed by atoms with Crippen molar-refractivity contribution in [1.29, 1.82) is 0 Å². The SMILES string of the molecule is COc1cccc(CCC(=O)NC(C)CC(C)(C)c2ccccc2)c1. The van der Waals surface area contributed by atoms with Crippen molar-refractivity contribution in [3.8, 4) is 5.75 Å². The lowest BCUT2D eigenvalue weighted by Crippen LogP contribution is -2.37. The summed E-state index contributed by atoms with van der Waals surface area (Å²) in [7, 11) is 1.65. The van der Waals surface area contributed by atoms with Gasteiger partial charge in [-0.05, 0) is 48.4 Å². The predicted octanol–water partition coefficient (Wildman–Crippen LogP) is 4.50. The van der Waals surface area contributed by atoms with Crippen LogP contribution in [0.3, 0.4) is 0 Å². The Kier molecular flexibility index (Phi) is 6.63. The van der Waals surface area contributed by atoms with E-state index in [1.165, 1.54) is 5.56 Å². The van der Waals surface area contributed by atoms with E-state index in [2.05, 4.69) is 50.4 Å². The molecule has 2 rings (SSSR count). The Morgan fingerprint density at radius 3 is 2.52 bits per heavy atom. The van der Waals surface area contributed by atoms with Crippen LogP contribution in [-0.4, -0.2) is 19.1 Å². The molecule has 1 unspecified atom stereocenters. The van der Waals surface area contributed by atoms with Crippen molar-refractivity contribution < 1.29 is 9.53 Å². The van der Waals surface area contributed by atoms with E-state index in [1.54, 1.807) is 7.11 Å². The Labute approximate surface area is 151 Å². The number of hydrogen-bond donors (Lipinski definition) is 1. The molecule has 0 heterocycles. The minimum Gasteiger partial charge on any atom is -0.497 e. The van der Waals surface area contributed by atoms with Crippen LogP contribution in [0.1, 0.15) is 44.7 Å². The zero-order valence-electron chi connectivity index (χ0n) is 15.7. The van der Waals surface area contributed by atoms with Crippen LogP contribution >= 0.6 is 0 Å². The quantitative estimate of drug-likeness (QED) is 0.769. The van der Waals surface area contributed by atoms with Gasteiger partial charge in [-0.25, -0.2) is 0 Å². The van der Waals surface area contributed by atoms with E-state index in [1.807, 2.05) is 30.3 Å². The van der Waals surface area contributed by atoms with E-state index >= 15 is 0 Å². The third-order valence-electron chi connectivity index (χ3n) is 4.55. The van der Waals surface area contributed by atoms with Crippen molar-refractivity contribution in [2.45, 2.75) is 51.5 Å². The van der Waals surface area contributed by atoms with Gasteiger partial charge in [-0.15, -0.1) is 0 Å². The van der Waals surface area contributed by atoms with Crippen LogP contribution in [0, 0.1) is 0 Å². The van der Waals surface area contributed by atoms with Gasteiger partial charge in [0.25, 0.3) is 0 Å². The highest BCUT2D eigenvalue weighted by Crippen LogP contribution is 2.28. The number of nitrogens with one attached hydrogen (secondary N) is 1. The van der Waals surface area contributed by atoms with Crippen molar-refractivity contribution in [3.05, 3.63) is 65.7 Å². The molecule has 1 atom stereocenters. The van der Waals surface area contributed by atoms with E-state index in [9.17, 15) is 4.79 Å². The normalized spacial score (nSPS) is 12.5. The molecule has 0 saturated heterocycles. The number of hydrogen-bond acceptors (Lipinski definition) is 2. The molecular formula is C22H29NO2. The van der Waals surface area contributed by atoms with Crippen molar-refractivity contribution >= 4 is 5.91 Å². The first-order chi connectivity index (χ1) is 11.9. The summed E-state index contributed by atoms with van der Waals surface area (Å²) < 4.78 is 5.22. The number of benzene rings is 2. The first kappa shape index (κ1) is 19.0. The Hall–Kier alpha value is -2.29. The monoisotopic (exact) mass is 339 g/mol. The highest BCUT2D eigenvalue weighted by atomic mass is 16.5. The molecule has 3 nitrogen and oxygen atoms in total. The number of aryl methyl sites for hydroxylation is 1. The average Bonchev–Trinajstić information content (AvgIpc) is 2.60. The Balaban J connectivity index is 1.83. The van der Waals surface area contributed by atoms with Crippen LogP contribution in [0.25, 0.3) is 0 Å². The highest BCUT2D eigenvalue weighted by Gasteiger charge is 2.23. The number of carbonyl (C=O) groups is 1. The average molecular weight is 339 g/mol. The Morgan fingerprint density at radius 2 is 1.84 bits per heavy atom. The Morgan fingerprint density at radius 1 is 1.12 bits per heavy atom. The summed E-state index contributed by atoms with van der Waals surface area (Å²) in [6.45, 7) is 6.52. The second-order valence-corrected chi connectivity index (χ2v) is 7.27. The summed E-state index contributed by atoms with van der Waals surface area (Å²) in [5.74, 6) is 0.926. The summed E-state index contributed by atoms with van der Waals surface area (Å²) in [5, 5.41) is 3.13. The third-order valence-corrected chi connectivity index (χ3v) is 4.55. The van der Waals surface area contributed by atoms with Crippen molar-refractivity contribution in [2.75, 3.05) is 7.11 Å². The number of amides is 1. The fourth-order valence-electron chi connectivity index (χ4n) is 3.26. The van der Waals surface area contributed by atoms with Crippen LogP contribution in [0.15, 0.2) is 54.6 Å². The van der Waals surface area contributed by atoms with E-state index in [4.69, 9.17) is 4.74 Å². The van der Waals surface area contributed by atoms with Gasteiger partial charge in [0.15, 0.2) is 0 Å². The summed E-state index contributed by atoms with van der Waals surface area (Å²) >= 11 is 0. The molecule has 3 heteroatoms. The van der Waals surface area contributed by atoms with Crippen LogP contribution in [0.4, 0.5) is 0 Å². The molecule has 0 radical (unpaired) electrons. The Bertz CT molecular complexity index is 679. The van der Waals surface area contributed by atoms with E-state index in [0.717, 1.165) is 24.2 Å². The second kappa shape index (κ2) is 8.70. The van der Waals surface area contributed by atoms with Crippen LogP contribution < -0.4 is 10.1 Å². The summed E-state index contributed by atoms with van der Waals surface area (Å²) in [5.41, 5.74) is 2.44. The third kappa shape index (κ3) is 5.93. The number of rotatable bonds is 8. The van der Waals surface area contributed by atoms with Gasteiger partial charge in [0.1, 0.15) is 5.75 Å². The van der Waals surface area contributed by atoms with Gasteiger partial charge < -0.3 is 10.1 Å². The molecule has 0 saturated carbocycles. The molecule has 2 aromatic carbocycles. The van der Waals surface area contributed by atoms with Gasteiger partial charge in [0.2, 0.25) is 5.91 Å². The smallest absolute Gasteiger partial charge is 0.220 e. The van der Waals surface area contributed by atoms with Gasteiger partial charge in [-0.3, -0.25) is 4.79 Å². The zero-order chi connectivity index (χ0) is 18.3. The van der Waals surface area contributed by atoms with Crippen molar-refractivity contribution in [2.24, 2.45) is 0 Å². The van der Waals surface area contributed by atoms with Gasteiger partial charge in [0.05, 0.1) is 7.11 Å². The van der Waals surface area contributed by atoms with Gasteiger partial charge in [-0.1, -0.05) is 56.3 Å². The molecule has 0 aromatic heterocycles. The number of ether oxygens (including phenoxy) is 1. The fraction of sp³-hybridized carbons (Fsp3) is 0.409. The molecule has 0 aliphatic rings. The molecule has 134 valence electrons. The number of methoxy groups -OCH3 is 1. The molecular weight excluding hydrogens is 310 g/mol. The van der Waals surface area contributed by atoms with E-state index in [-0.39, 0.29) is 17.4 Å². The minimum atomic E-state index is 0.0285. The lowest BCUT2D eigenvalue weighted by atomic mass is 9.79. The molecule has 0 spiro atoms. The molecule has 0 aliphatic carbocycles. The first-order valence-corrected chi connectivity index (χ1v) is 8.88. The van der Waals surface area contributed by atoms with Crippen LogP contribution in [-0.2, 0) is 16.6 Å². The number of carbonyl (C=O) groups excluding carboxylic acids is 1. The minimum absolute atomic E-state index is 0.0285. The topological polar surface area (TPSA) is 38.3 Å². The maximum atomic E-state index is 12.3. The standard InChI is InChI=1S/C22H29NO2/c1-17(16-22(2,3)19-10-6-5-7-11-19)23-21(24)14-13-18-9-8-12-20(15-18)25-4/h5-12,15,17H,13-14,16H2,1-4H3,(H,23,24). The molecule has 25 heavy (non-hydrogen) atoms. The van der Waals surface area contributed by atoms with Crippen LogP contribution in [0.2, 0.25) is 0 Å². The van der Waals surface area contributed by atoms with Crippen molar-refractivity contribution in [3.63, 3.8) is 0 Å². The van der Waals surface area contributed by atoms with E-state index < -0.39 is 0 Å². The van der Waals surface area contributed by atoms with Gasteiger partial charge >= 0.3 is 0 Å². The molecule has 0 bridgehead atoms. The highest BCUT2D eigenvalue weighted by molar-refractivity contribution is 5.76. The first-order valence-electron chi connectivity index (χ1n) is 8.88.